The van der Waals surface area contributed by atoms with E-state index in [0.29, 0.717) is 0 Å². The fourth-order valence-corrected chi connectivity index (χ4v) is 9.44. The molecule has 9 aromatic rings. The Hall–Kier alpha value is -7.68. The zero-order valence-corrected chi connectivity index (χ0v) is 33.6. The summed E-state index contributed by atoms with van der Waals surface area (Å²) in [5.74, 6) is 0. The highest BCUT2D eigenvalue weighted by Gasteiger charge is 2.48. The minimum Gasteiger partial charge on any atom is -0.310 e. The van der Waals surface area contributed by atoms with Crippen LogP contribution in [0.1, 0.15) is 23.6 Å². The second-order valence-electron chi connectivity index (χ2n) is 15.3. The maximum Gasteiger partial charge on any atom is 0.0714 e. The first kappa shape index (κ1) is 36.6. The molecule has 60 heavy (non-hydrogen) atoms. The number of hydrogen-bond donors (Lipinski definition) is 0. The topological polar surface area (TPSA) is 6.48 Å². The average molecular weight is 769 g/mol. The van der Waals surface area contributed by atoms with Crippen molar-refractivity contribution in [3.05, 3.63) is 265 Å². The number of fused-ring (bicyclic) bond motifs is 8. The van der Waals surface area contributed by atoms with Gasteiger partial charge >= 0.3 is 0 Å². The highest BCUT2D eigenvalue weighted by Crippen LogP contribution is 2.61. The van der Waals surface area contributed by atoms with E-state index in [9.17, 15) is 0 Å². The Bertz CT molecular complexity index is 2960. The van der Waals surface area contributed by atoms with Crippen LogP contribution in [-0.2, 0) is 5.41 Å². The third-order valence-electron chi connectivity index (χ3n) is 11.9. The standard InChI is InChI=1S/C58H44N2/c1-3-4-10-23-42(2)58(43-24-11-5-12-25-43)55-41-49(60(46-30-17-8-18-31-46)47-32-19-9-20-33-47)37-39-53(55)56-51-35-22-21-34-50(51)54-40-48(36-38-52(54)57(56)58)59(44-26-13-6-14-27-44)45-28-15-7-16-29-45/h3-41H,2H2,1H3/b4-3-,23-10-. The molecule has 1 aliphatic carbocycles. The summed E-state index contributed by atoms with van der Waals surface area (Å²) in [5.41, 5.74) is 13.0. The predicted molar refractivity (Wildman–Crippen MR) is 256 cm³/mol. The van der Waals surface area contributed by atoms with Crippen LogP contribution in [0.25, 0.3) is 32.7 Å². The number of anilines is 6. The summed E-state index contributed by atoms with van der Waals surface area (Å²) < 4.78 is 0. The van der Waals surface area contributed by atoms with Crippen molar-refractivity contribution in [3.63, 3.8) is 0 Å². The van der Waals surface area contributed by atoms with Gasteiger partial charge in [-0.1, -0.05) is 170 Å². The van der Waals surface area contributed by atoms with Gasteiger partial charge in [-0.2, -0.15) is 0 Å². The second kappa shape index (κ2) is 15.6. The average Bonchev–Trinajstić information content (AvgIpc) is 3.63. The summed E-state index contributed by atoms with van der Waals surface area (Å²) in [7, 11) is 0. The Morgan fingerprint density at radius 2 is 0.900 bits per heavy atom. The molecule has 1 unspecified atom stereocenters. The molecule has 0 spiro atoms. The van der Waals surface area contributed by atoms with Crippen molar-refractivity contribution >= 4 is 55.7 Å². The summed E-state index contributed by atoms with van der Waals surface area (Å²) in [6.07, 6.45) is 8.51. The van der Waals surface area contributed by atoms with Crippen LogP contribution >= 0.6 is 0 Å². The third kappa shape index (κ3) is 6.04. The zero-order chi connectivity index (χ0) is 40.5. The van der Waals surface area contributed by atoms with Crippen LogP contribution in [0.2, 0.25) is 0 Å². The van der Waals surface area contributed by atoms with Gasteiger partial charge in [0, 0.05) is 34.1 Å². The molecule has 0 radical (unpaired) electrons. The summed E-state index contributed by atoms with van der Waals surface area (Å²) in [4.78, 5) is 4.72. The van der Waals surface area contributed by atoms with Gasteiger partial charge in [0.25, 0.3) is 0 Å². The van der Waals surface area contributed by atoms with Gasteiger partial charge in [-0.15, -0.1) is 0 Å². The Kier molecular flexibility index (Phi) is 9.52. The quantitative estimate of drug-likeness (QED) is 0.101. The Morgan fingerprint density at radius 1 is 0.433 bits per heavy atom. The molecule has 286 valence electrons. The minimum atomic E-state index is -0.735. The molecule has 0 fully saturated rings. The number of hydrogen-bond acceptors (Lipinski definition) is 2. The van der Waals surface area contributed by atoms with Crippen molar-refractivity contribution in [2.75, 3.05) is 9.80 Å². The van der Waals surface area contributed by atoms with Crippen LogP contribution < -0.4 is 9.80 Å². The number of nitrogens with zero attached hydrogens (tertiary/aromatic N) is 2. The van der Waals surface area contributed by atoms with Crippen molar-refractivity contribution in [1.29, 1.82) is 0 Å². The molecule has 10 rings (SSSR count). The van der Waals surface area contributed by atoms with Gasteiger partial charge in [-0.05, 0) is 135 Å². The highest BCUT2D eigenvalue weighted by molar-refractivity contribution is 6.20. The highest BCUT2D eigenvalue weighted by atomic mass is 15.1. The monoisotopic (exact) mass is 768 g/mol. The Balaban J connectivity index is 1.32. The van der Waals surface area contributed by atoms with Gasteiger partial charge in [-0.25, -0.2) is 0 Å². The Morgan fingerprint density at radius 3 is 1.43 bits per heavy atom. The lowest BCUT2D eigenvalue weighted by Gasteiger charge is -2.36. The molecule has 2 heteroatoms. The third-order valence-corrected chi connectivity index (χ3v) is 11.9. The van der Waals surface area contributed by atoms with Crippen LogP contribution in [-0.4, -0.2) is 0 Å². The molecule has 0 saturated carbocycles. The lowest BCUT2D eigenvalue weighted by atomic mass is 9.66. The van der Waals surface area contributed by atoms with Crippen molar-refractivity contribution in [2.24, 2.45) is 0 Å². The van der Waals surface area contributed by atoms with Gasteiger partial charge in [0.1, 0.15) is 0 Å². The van der Waals surface area contributed by atoms with E-state index in [2.05, 4.69) is 253 Å². The van der Waals surface area contributed by atoms with E-state index in [-0.39, 0.29) is 0 Å². The SMILES string of the molecule is C=C(/C=C\C=C/C)C1(c2ccccc2)c2cc(N(c3ccccc3)c3ccccc3)ccc2-c2c1c1ccc(N(c3ccccc3)c3ccccc3)cc1c1ccccc21. The van der Waals surface area contributed by atoms with Gasteiger partial charge < -0.3 is 9.80 Å². The summed E-state index contributed by atoms with van der Waals surface area (Å²) in [6, 6.07) is 76.8. The van der Waals surface area contributed by atoms with Crippen LogP contribution in [0.4, 0.5) is 34.1 Å². The normalized spacial score (nSPS) is 14.4. The van der Waals surface area contributed by atoms with Crippen LogP contribution in [0.15, 0.2) is 249 Å². The lowest BCUT2D eigenvalue weighted by molar-refractivity contribution is 0.777. The number of para-hydroxylation sites is 4. The summed E-state index contributed by atoms with van der Waals surface area (Å²) in [5, 5.41) is 4.85. The minimum absolute atomic E-state index is 0.735. The molecule has 9 aromatic carbocycles. The number of rotatable bonds is 10. The molecular formula is C58H44N2. The Labute approximate surface area is 353 Å². The van der Waals surface area contributed by atoms with Crippen LogP contribution in [0.3, 0.4) is 0 Å². The molecule has 0 bridgehead atoms. The van der Waals surface area contributed by atoms with Crippen molar-refractivity contribution < 1.29 is 0 Å². The first-order valence-electron chi connectivity index (χ1n) is 20.7. The van der Waals surface area contributed by atoms with Gasteiger partial charge in [0.2, 0.25) is 0 Å². The van der Waals surface area contributed by atoms with E-state index < -0.39 is 5.41 Å². The molecule has 1 aliphatic rings. The molecule has 0 aliphatic heterocycles. The summed E-state index contributed by atoms with van der Waals surface area (Å²) >= 11 is 0. The second-order valence-corrected chi connectivity index (χ2v) is 15.3. The molecule has 0 aromatic heterocycles. The van der Waals surface area contributed by atoms with E-state index >= 15 is 0 Å². The molecule has 2 nitrogen and oxygen atoms in total. The molecular weight excluding hydrogens is 725 g/mol. The van der Waals surface area contributed by atoms with Gasteiger partial charge in [0.05, 0.1) is 5.41 Å². The molecule has 0 heterocycles. The van der Waals surface area contributed by atoms with Gasteiger partial charge in [-0.3, -0.25) is 0 Å². The number of allylic oxidation sites excluding steroid dienone is 5. The predicted octanol–water partition coefficient (Wildman–Crippen LogP) is 15.9. The van der Waals surface area contributed by atoms with E-state index in [0.717, 1.165) is 39.7 Å². The fourth-order valence-electron chi connectivity index (χ4n) is 9.44. The van der Waals surface area contributed by atoms with E-state index in [4.69, 9.17) is 6.58 Å². The van der Waals surface area contributed by atoms with E-state index in [1.165, 1.54) is 49.4 Å². The maximum atomic E-state index is 5.02. The number of benzene rings is 9. The van der Waals surface area contributed by atoms with E-state index in [1.54, 1.807) is 0 Å². The van der Waals surface area contributed by atoms with Crippen molar-refractivity contribution in [3.8, 4) is 11.1 Å². The van der Waals surface area contributed by atoms with Gasteiger partial charge in [0.15, 0.2) is 0 Å². The smallest absolute Gasteiger partial charge is 0.0714 e. The van der Waals surface area contributed by atoms with Crippen LogP contribution in [0.5, 0.6) is 0 Å². The molecule has 0 saturated heterocycles. The first-order chi connectivity index (χ1) is 29.7. The van der Waals surface area contributed by atoms with E-state index in [1.807, 2.05) is 0 Å². The summed E-state index contributed by atoms with van der Waals surface area (Å²) in [6.45, 7) is 7.07. The molecule has 0 N–H and O–H groups in total. The van der Waals surface area contributed by atoms with Crippen molar-refractivity contribution in [1.82, 2.24) is 0 Å². The fraction of sp³-hybridized carbons (Fsp3) is 0.0345. The molecule has 0 amide bonds. The largest absolute Gasteiger partial charge is 0.310 e. The first-order valence-corrected chi connectivity index (χ1v) is 20.7. The zero-order valence-electron chi connectivity index (χ0n) is 33.6. The lowest BCUT2D eigenvalue weighted by Crippen LogP contribution is -2.29. The molecule has 1 atom stereocenters. The van der Waals surface area contributed by atoms with Crippen LogP contribution in [0, 0.1) is 0 Å². The maximum absolute atomic E-state index is 5.02. The van der Waals surface area contributed by atoms with Crippen molar-refractivity contribution in [2.45, 2.75) is 12.3 Å².